The molecular weight excluding hydrogens is 743 g/mol. The van der Waals surface area contributed by atoms with Gasteiger partial charge in [0.15, 0.2) is 0 Å². The molecule has 13 nitrogen and oxygen atoms in total. The molecule has 2 heterocycles. The van der Waals surface area contributed by atoms with Crippen molar-refractivity contribution in [3.63, 3.8) is 0 Å². The first-order chi connectivity index (χ1) is 28.4. The molecule has 0 aromatic heterocycles. The minimum absolute atomic E-state index is 0.0101. The third-order valence-corrected chi connectivity index (χ3v) is 11.8. The molecule has 2 aromatic carbocycles. The molecule has 0 radical (unpaired) electrons. The highest BCUT2D eigenvalue weighted by atomic mass is 16.8. The Kier molecular flexibility index (Phi) is 15.6. The topological polar surface area (TPSA) is 158 Å². The van der Waals surface area contributed by atoms with Gasteiger partial charge in [0.2, 0.25) is 12.1 Å². The number of hydrogen-bond acceptors (Lipinski definition) is 11. The van der Waals surface area contributed by atoms with E-state index in [1.807, 2.05) is 49.4 Å². The molecule has 4 aliphatic rings. The van der Waals surface area contributed by atoms with E-state index in [9.17, 15) is 19.8 Å². The van der Waals surface area contributed by atoms with Gasteiger partial charge in [-0.1, -0.05) is 67.4 Å². The van der Waals surface area contributed by atoms with Crippen LogP contribution >= 0.6 is 0 Å². The van der Waals surface area contributed by atoms with Crippen LogP contribution in [0.15, 0.2) is 78.0 Å². The second-order valence-electron chi connectivity index (χ2n) is 15.6. The van der Waals surface area contributed by atoms with Crippen LogP contribution in [0.25, 0.3) is 0 Å². The van der Waals surface area contributed by atoms with E-state index in [2.05, 4.69) is 18.0 Å². The van der Waals surface area contributed by atoms with Crippen LogP contribution < -0.4 is 14.8 Å². The summed E-state index contributed by atoms with van der Waals surface area (Å²) in [7, 11) is 1.38. The van der Waals surface area contributed by atoms with Gasteiger partial charge < -0.3 is 44.1 Å². The van der Waals surface area contributed by atoms with Crippen molar-refractivity contribution in [2.24, 2.45) is 22.9 Å². The summed E-state index contributed by atoms with van der Waals surface area (Å²) >= 11 is 0. The van der Waals surface area contributed by atoms with Gasteiger partial charge in [-0.2, -0.15) is 0 Å². The predicted octanol–water partition coefficient (Wildman–Crippen LogP) is 7.61. The molecule has 3 N–H and O–H groups in total. The summed E-state index contributed by atoms with van der Waals surface area (Å²) in [5.74, 6) is -1.23. The number of nitrogens with zero attached hydrogens (tertiary/aromatic N) is 2. The largest absolute Gasteiger partial charge is 0.459 e. The summed E-state index contributed by atoms with van der Waals surface area (Å²) in [5.41, 5.74) is 3.38. The quantitative estimate of drug-likeness (QED) is 0.0734. The first-order valence-electron chi connectivity index (χ1n) is 21.1. The van der Waals surface area contributed by atoms with Crippen molar-refractivity contribution in [3.05, 3.63) is 84.0 Å². The molecule has 6 rings (SSSR count). The van der Waals surface area contributed by atoms with Gasteiger partial charge in [0.25, 0.3) is 0 Å². The van der Waals surface area contributed by atoms with Crippen LogP contribution in [0.4, 0.5) is 9.59 Å². The van der Waals surface area contributed by atoms with Crippen LogP contribution in [-0.2, 0) is 25.6 Å². The molecule has 2 aromatic rings. The van der Waals surface area contributed by atoms with Crippen LogP contribution in [0.3, 0.4) is 0 Å². The van der Waals surface area contributed by atoms with Crippen LogP contribution in [-0.4, -0.2) is 91.2 Å². The third kappa shape index (κ3) is 9.87. The van der Waals surface area contributed by atoms with Crippen molar-refractivity contribution in [1.29, 1.82) is 0 Å². The molecule has 7 atom stereocenters. The van der Waals surface area contributed by atoms with Crippen molar-refractivity contribution in [1.82, 2.24) is 10.2 Å². The van der Waals surface area contributed by atoms with E-state index in [1.54, 1.807) is 17.0 Å². The van der Waals surface area contributed by atoms with E-state index in [0.717, 1.165) is 61.6 Å². The number of methoxy groups -OCH3 is 1. The minimum atomic E-state index is -1.41. The monoisotopic (exact) mass is 803 g/mol. The molecule has 1 unspecified atom stereocenters. The van der Waals surface area contributed by atoms with Gasteiger partial charge in [0.05, 0.1) is 32.0 Å². The molecule has 13 heteroatoms. The van der Waals surface area contributed by atoms with E-state index in [1.165, 1.54) is 7.11 Å². The fraction of sp³-hybridized carbons (Fsp3) is 0.578. The fourth-order valence-electron chi connectivity index (χ4n) is 9.27. The number of ether oxygens (including phenoxy) is 5. The molecule has 2 aliphatic carbocycles. The lowest BCUT2D eigenvalue weighted by Crippen LogP contribution is -2.70. The molecule has 316 valence electrons. The summed E-state index contributed by atoms with van der Waals surface area (Å²) in [6, 6.07) is 14.4. The SMILES string of the molecule is C=CCO[C@@]12Oc3ccc(OC(=O)NCc4ccccc4)cc3[C@H]3[C@H](CCCCO)[C@@H](CCCCO)C=C(C(=NOC4CCCCO4)C[C@@H]1N(CCC)C(=O)OC)[C@H]32. The highest BCUT2D eigenvalue weighted by Crippen LogP contribution is 2.62. The van der Waals surface area contributed by atoms with Gasteiger partial charge in [0, 0.05) is 50.6 Å². The lowest BCUT2D eigenvalue weighted by Gasteiger charge is -2.59. The zero-order valence-corrected chi connectivity index (χ0v) is 34.0. The number of carbonyl (C=O) groups excluding carboxylic acids is 2. The summed E-state index contributed by atoms with van der Waals surface area (Å²) < 4.78 is 31.4. The van der Waals surface area contributed by atoms with Crippen LogP contribution in [0.5, 0.6) is 11.5 Å². The van der Waals surface area contributed by atoms with Crippen molar-refractivity contribution in [2.45, 2.75) is 108 Å². The van der Waals surface area contributed by atoms with Gasteiger partial charge in [-0.05, 0) is 86.1 Å². The van der Waals surface area contributed by atoms with Crippen molar-refractivity contribution >= 4 is 17.9 Å². The highest BCUT2D eigenvalue weighted by molar-refractivity contribution is 6.03. The van der Waals surface area contributed by atoms with Crippen LogP contribution in [0.2, 0.25) is 0 Å². The lowest BCUT2D eigenvalue weighted by molar-refractivity contribution is -0.255. The Bertz CT molecular complexity index is 1730. The van der Waals surface area contributed by atoms with E-state index < -0.39 is 36.2 Å². The van der Waals surface area contributed by atoms with Gasteiger partial charge in [-0.3, -0.25) is 4.90 Å². The number of aliphatic hydroxyl groups excluding tert-OH is 2. The Morgan fingerprint density at radius 3 is 2.57 bits per heavy atom. The highest BCUT2D eigenvalue weighted by Gasteiger charge is 2.65. The fourth-order valence-corrected chi connectivity index (χ4v) is 9.27. The number of benzene rings is 2. The molecule has 2 fully saturated rings. The van der Waals surface area contributed by atoms with Crippen LogP contribution in [0.1, 0.15) is 94.6 Å². The predicted molar refractivity (Wildman–Crippen MR) is 218 cm³/mol. The number of rotatable bonds is 19. The number of allylic oxidation sites excluding steroid dienone is 1. The number of nitrogens with one attached hydrogen (secondary N) is 1. The smallest absolute Gasteiger partial charge is 0.412 e. The van der Waals surface area contributed by atoms with Gasteiger partial charge in [0.1, 0.15) is 17.5 Å². The van der Waals surface area contributed by atoms with Crippen molar-refractivity contribution < 1.29 is 48.3 Å². The Balaban J connectivity index is 1.51. The van der Waals surface area contributed by atoms with E-state index in [-0.39, 0.29) is 44.0 Å². The number of aliphatic hydroxyl groups is 2. The lowest BCUT2D eigenvalue weighted by atomic mass is 9.55. The van der Waals surface area contributed by atoms with Gasteiger partial charge >= 0.3 is 12.2 Å². The number of hydrogen-bond donors (Lipinski definition) is 3. The molecule has 58 heavy (non-hydrogen) atoms. The number of oxime groups is 1. The van der Waals surface area contributed by atoms with E-state index in [0.29, 0.717) is 56.2 Å². The zero-order chi connectivity index (χ0) is 40.9. The average Bonchev–Trinajstić information content (AvgIpc) is 3.25. The molecule has 2 amide bonds. The van der Waals surface area contributed by atoms with Crippen LogP contribution in [0, 0.1) is 17.8 Å². The standard InChI is InChI=1S/C45H61N3O10/c1-4-22-48(44(52)53-3)39-29-37(47-58-40-19-11-14-26-54-40)35-27-32(17-9-12-23-49)34(18-10-13-24-50)41-36-28-33(56-43(51)46-30-31-15-7-6-8-16-31)20-21-38(36)57-45(39,42(35)41)55-25-5-2/h5-8,15-16,20-21,27-28,32,34,39-42,49-50H,2,4,9-14,17-19,22-26,29-30H2,1,3H3,(H,46,51)/t32-,34+,39-,40?,41+,42+,45+/m0/s1. The third-order valence-electron chi connectivity index (χ3n) is 11.8. The van der Waals surface area contributed by atoms with Crippen molar-refractivity contribution in [2.75, 3.05) is 40.1 Å². The number of unbranched alkanes of at least 4 members (excludes halogenated alkanes) is 2. The molecule has 1 saturated carbocycles. The molecule has 2 aliphatic heterocycles. The Morgan fingerprint density at radius 2 is 1.86 bits per heavy atom. The second kappa shape index (κ2) is 21.0. The first-order valence-corrected chi connectivity index (χ1v) is 21.1. The van der Waals surface area contributed by atoms with E-state index >= 15 is 0 Å². The zero-order valence-electron chi connectivity index (χ0n) is 34.0. The van der Waals surface area contributed by atoms with E-state index in [4.69, 9.17) is 33.7 Å². The second-order valence-corrected chi connectivity index (χ2v) is 15.6. The first kappa shape index (κ1) is 43.2. The normalized spacial score (nSPS) is 26.6. The van der Waals surface area contributed by atoms with Gasteiger partial charge in [-0.25, -0.2) is 9.59 Å². The number of fused-ring (bicyclic) bond motifs is 2. The minimum Gasteiger partial charge on any atom is -0.459 e. The number of carbonyl (C=O) groups is 2. The average molecular weight is 804 g/mol. The molecule has 0 bridgehead atoms. The maximum atomic E-state index is 13.8. The maximum Gasteiger partial charge on any atom is 0.412 e. The van der Waals surface area contributed by atoms with Crippen molar-refractivity contribution in [3.8, 4) is 11.5 Å². The Labute approximate surface area is 342 Å². The summed E-state index contributed by atoms with van der Waals surface area (Å²) in [4.78, 5) is 34.8. The van der Waals surface area contributed by atoms with Gasteiger partial charge in [-0.15, -0.1) is 6.58 Å². The Hall–Kier alpha value is -4.43. The number of amides is 2. The molecule has 0 spiro atoms. The Morgan fingerprint density at radius 1 is 1.07 bits per heavy atom. The summed E-state index contributed by atoms with van der Waals surface area (Å²) in [5, 5.41) is 27.5. The molecular formula is C45H61N3O10. The summed E-state index contributed by atoms with van der Waals surface area (Å²) in [6.07, 6.45) is 10.4. The summed E-state index contributed by atoms with van der Waals surface area (Å²) in [6.45, 7) is 7.58. The maximum absolute atomic E-state index is 13.8. The molecule has 1 saturated heterocycles.